The Hall–Kier alpha value is -2.05. The number of nitrogens with zero attached hydrogens (tertiary/aromatic N) is 1. The molecule has 0 unspecified atom stereocenters. The summed E-state index contributed by atoms with van der Waals surface area (Å²) in [5, 5.41) is 7.15. The minimum atomic E-state index is -3.19. The lowest BCUT2D eigenvalue weighted by molar-refractivity contribution is 0.601. The van der Waals surface area contributed by atoms with Crippen LogP contribution in [0.25, 0.3) is 0 Å². The van der Waals surface area contributed by atoms with Crippen LogP contribution in [0.4, 0.5) is 0 Å². The summed E-state index contributed by atoms with van der Waals surface area (Å²) in [5.41, 5.74) is 2.82. The summed E-state index contributed by atoms with van der Waals surface area (Å²) in [4.78, 5) is 4.55. The molecule has 0 saturated carbocycles. The zero-order chi connectivity index (χ0) is 18.4. The smallest absolute Gasteiger partial charge is 0.191 e. The first-order valence-electron chi connectivity index (χ1n) is 7.78. The number of nitrogens with one attached hydrogen (secondary N) is 2. The van der Waals surface area contributed by atoms with Crippen LogP contribution in [0, 0.1) is 6.92 Å². The molecule has 0 aliphatic rings. The SMILES string of the molecule is CN=C(NCc1ccc(Cl)cc1)NCc1ccc(S(C)(=O)=O)c(C)c1. The van der Waals surface area contributed by atoms with Gasteiger partial charge in [-0.2, -0.15) is 0 Å². The fourth-order valence-electron chi connectivity index (χ4n) is 2.43. The quantitative estimate of drug-likeness (QED) is 0.619. The van der Waals surface area contributed by atoms with E-state index < -0.39 is 9.84 Å². The van der Waals surface area contributed by atoms with Gasteiger partial charge in [0, 0.05) is 31.4 Å². The van der Waals surface area contributed by atoms with Gasteiger partial charge in [-0.15, -0.1) is 0 Å². The van der Waals surface area contributed by atoms with E-state index in [4.69, 9.17) is 11.6 Å². The maximum Gasteiger partial charge on any atom is 0.191 e. The van der Waals surface area contributed by atoms with Crippen molar-refractivity contribution >= 4 is 27.4 Å². The number of hydrogen-bond donors (Lipinski definition) is 2. The summed E-state index contributed by atoms with van der Waals surface area (Å²) < 4.78 is 23.3. The highest BCUT2D eigenvalue weighted by atomic mass is 35.5. The van der Waals surface area contributed by atoms with Crippen molar-refractivity contribution < 1.29 is 8.42 Å². The number of benzene rings is 2. The number of guanidine groups is 1. The van der Waals surface area contributed by atoms with Gasteiger partial charge in [-0.1, -0.05) is 35.9 Å². The largest absolute Gasteiger partial charge is 0.352 e. The van der Waals surface area contributed by atoms with E-state index in [1.165, 1.54) is 6.26 Å². The van der Waals surface area contributed by atoms with Crippen molar-refractivity contribution in [2.24, 2.45) is 4.99 Å². The molecule has 0 spiro atoms. The minimum absolute atomic E-state index is 0.362. The highest BCUT2D eigenvalue weighted by molar-refractivity contribution is 7.90. The van der Waals surface area contributed by atoms with E-state index in [1.807, 2.05) is 36.4 Å². The van der Waals surface area contributed by atoms with Crippen molar-refractivity contribution in [3.05, 3.63) is 64.2 Å². The van der Waals surface area contributed by atoms with Crippen LogP contribution in [0.1, 0.15) is 16.7 Å². The van der Waals surface area contributed by atoms with Crippen LogP contribution < -0.4 is 10.6 Å². The zero-order valence-corrected chi connectivity index (χ0v) is 16.1. The molecule has 2 aromatic carbocycles. The van der Waals surface area contributed by atoms with Gasteiger partial charge < -0.3 is 10.6 Å². The first-order chi connectivity index (χ1) is 11.8. The molecule has 5 nitrogen and oxygen atoms in total. The predicted molar refractivity (Wildman–Crippen MR) is 103 cm³/mol. The fourth-order valence-corrected chi connectivity index (χ4v) is 3.52. The van der Waals surface area contributed by atoms with Gasteiger partial charge in [0.25, 0.3) is 0 Å². The lowest BCUT2D eigenvalue weighted by Crippen LogP contribution is -2.36. The standard InChI is InChI=1S/C18H22ClN3O2S/c1-13-10-15(6-9-17(13)25(3,23)24)12-22-18(20-2)21-11-14-4-7-16(19)8-5-14/h4-10H,11-12H2,1-3H3,(H2,20,21,22). The van der Waals surface area contributed by atoms with E-state index in [-0.39, 0.29) is 0 Å². The second-order valence-electron chi connectivity index (χ2n) is 5.78. The highest BCUT2D eigenvalue weighted by Gasteiger charge is 2.10. The lowest BCUT2D eigenvalue weighted by atomic mass is 10.1. The molecule has 0 bridgehead atoms. The summed E-state index contributed by atoms with van der Waals surface area (Å²) in [6, 6.07) is 12.9. The van der Waals surface area contributed by atoms with Gasteiger partial charge >= 0.3 is 0 Å². The maximum atomic E-state index is 11.7. The molecule has 0 radical (unpaired) electrons. The van der Waals surface area contributed by atoms with Gasteiger partial charge in [-0.3, -0.25) is 4.99 Å². The van der Waals surface area contributed by atoms with E-state index in [2.05, 4.69) is 15.6 Å². The molecule has 0 fully saturated rings. The van der Waals surface area contributed by atoms with Gasteiger partial charge in [-0.05, 0) is 41.8 Å². The van der Waals surface area contributed by atoms with Gasteiger partial charge in [0.05, 0.1) is 4.90 Å². The van der Waals surface area contributed by atoms with E-state index in [0.29, 0.717) is 29.0 Å². The third-order valence-corrected chi connectivity index (χ3v) is 5.20. The Morgan fingerprint density at radius 2 is 1.60 bits per heavy atom. The first kappa shape index (κ1) is 19.3. The van der Waals surface area contributed by atoms with Crippen molar-refractivity contribution in [2.75, 3.05) is 13.3 Å². The summed E-state index contributed by atoms with van der Waals surface area (Å²) in [7, 11) is -1.49. The van der Waals surface area contributed by atoms with Crippen molar-refractivity contribution in [1.82, 2.24) is 10.6 Å². The first-order valence-corrected chi connectivity index (χ1v) is 10.0. The predicted octanol–water partition coefficient (Wildman–Crippen LogP) is 2.92. The van der Waals surface area contributed by atoms with E-state index in [1.54, 1.807) is 20.0 Å². The van der Waals surface area contributed by atoms with Crippen LogP contribution >= 0.6 is 11.6 Å². The average Bonchev–Trinajstić information content (AvgIpc) is 2.55. The van der Waals surface area contributed by atoms with Crippen LogP contribution in [0.3, 0.4) is 0 Å². The minimum Gasteiger partial charge on any atom is -0.352 e. The van der Waals surface area contributed by atoms with Crippen molar-refractivity contribution in [2.45, 2.75) is 24.9 Å². The molecule has 0 aromatic heterocycles. The number of halogens is 1. The third kappa shape index (κ3) is 5.76. The molecule has 2 aromatic rings. The average molecular weight is 380 g/mol. The van der Waals surface area contributed by atoms with Crippen LogP contribution in [0.5, 0.6) is 0 Å². The number of rotatable bonds is 5. The molecule has 2 rings (SSSR count). The molecule has 134 valence electrons. The Labute approximate surface area is 154 Å². The molecule has 0 heterocycles. The van der Waals surface area contributed by atoms with Crippen molar-refractivity contribution in [3.8, 4) is 0 Å². The fraction of sp³-hybridized carbons (Fsp3) is 0.278. The lowest BCUT2D eigenvalue weighted by Gasteiger charge is -2.13. The summed E-state index contributed by atoms with van der Waals surface area (Å²) in [5.74, 6) is 0.666. The summed E-state index contributed by atoms with van der Waals surface area (Å²) >= 11 is 5.88. The Bertz CT molecular complexity index is 862. The number of aliphatic imine (C=N–C) groups is 1. The Balaban J connectivity index is 1.94. The topological polar surface area (TPSA) is 70.6 Å². The monoisotopic (exact) mass is 379 g/mol. The van der Waals surface area contributed by atoms with E-state index in [0.717, 1.165) is 16.7 Å². The number of sulfone groups is 1. The number of aryl methyl sites for hydroxylation is 1. The molecule has 0 atom stereocenters. The molecule has 0 aliphatic carbocycles. The van der Waals surface area contributed by atoms with Crippen LogP contribution in [-0.2, 0) is 22.9 Å². The molecule has 0 saturated heterocycles. The molecule has 25 heavy (non-hydrogen) atoms. The Morgan fingerprint density at radius 3 is 2.12 bits per heavy atom. The van der Waals surface area contributed by atoms with Crippen molar-refractivity contribution in [1.29, 1.82) is 0 Å². The van der Waals surface area contributed by atoms with E-state index in [9.17, 15) is 8.42 Å². The molecule has 7 heteroatoms. The van der Waals surface area contributed by atoms with Gasteiger partial charge in [0.1, 0.15) is 0 Å². The normalized spacial score (nSPS) is 12.1. The summed E-state index contributed by atoms with van der Waals surface area (Å²) in [6.07, 6.45) is 1.22. The second kappa shape index (κ2) is 8.36. The van der Waals surface area contributed by atoms with Gasteiger partial charge in [0.15, 0.2) is 15.8 Å². The molecular weight excluding hydrogens is 358 g/mol. The van der Waals surface area contributed by atoms with Gasteiger partial charge in [0.2, 0.25) is 0 Å². The maximum absolute atomic E-state index is 11.7. The van der Waals surface area contributed by atoms with Crippen LogP contribution in [-0.4, -0.2) is 27.7 Å². The second-order valence-corrected chi connectivity index (χ2v) is 8.20. The molecular formula is C18H22ClN3O2S. The molecule has 0 amide bonds. The highest BCUT2D eigenvalue weighted by Crippen LogP contribution is 2.16. The third-order valence-electron chi connectivity index (χ3n) is 3.70. The van der Waals surface area contributed by atoms with Crippen LogP contribution in [0.15, 0.2) is 52.4 Å². The summed E-state index contributed by atoms with van der Waals surface area (Å²) in [6.45, 7) is 2.97. The Kier molecular flexibility index (Phi) is 6.45. The van der Waals surface area contributed by atoms with Crippen LogP contribution in [0.2, 0.25) is 5.02 Å². The van der Waals surface area contributed by atoms with E-state index >= 15 is 0 Å². The molecule has 0 aliphatic heterocycles. The number of hydrogen-bond acceptors (Lipinski definition) is 3. The zero-order valence-electron chi connectivity index (χ0n) is 14.5. The van der Waals surface area contributed by atoms with Crippen molar-refractivity contribution in [3.63, 3.8) is 0 Å². The Morgan fingerprint density at radius 1 is 1.04 bits per heavy atom. The van der Waals surface area contributed by atoms with Gasteiger partial charge in [-0.25, -0.2) is 8.42 Å². The molecule has 2 N–H and O–H groups in total.